The molecule has 1 fully saturated rings. The van der Waals surface area contributed by atoms with Crippen LogP contribution in [0.3, 0.4) is 0 Å². The molecule has 0 aromatic rings. The number of likely N-dealkylation sites (tertiary alicyclic amines) is 1. The topological polar surface area (TPSA) is 69.6 Å². The van der Waals surface area contributed by atoms with Crippen LogP contribution in [0.4, 0.5) is 0 Å². The lowest BCUT2D eigenvalue weighted by atomic mass is 9.96. The van der Waals surface area contributed by atoms with E-state index in [-0.39, 0.29) is 12.5 Å². The number of aliphatic carboxylic acids is 1. The fourth-order valence-corrected chi connectivity index (χ4v) is 2.47. The third-order valence-corrected chi connectivity index (χ3v) is 3.81. The molecule has 0 saturated carbocycles. The monoisotopic (exact) mass is 270 g/mol. The summed E-state index contributed by atoms with van der Waals surface area (Å²) in [6.45, 7) is 5.31. The molecule has 2 N–H and O–H groups in total. The maximum Gasteiger partial charge on any atom is 0.323 e. The summed E-state index contributed by atoms with van der Waals surface area (Å²) in [5.74, 6) is -0.872. The summed E-state index contributed by atoms with van der Waals surface area (Å²) in [7, 11) is 0. The molecule has 0 radical (unpaired) electrons. The number of carbonyl (C=O) groups is 2. The van der Waals surface area contributed by atoms with Gasteiger partial charge in [0.05, 0.1) is 6.54 Å². The Morgan fingerprint density at radius 2 is 1.79 bits per heavy atom. The summed E-state index contributed by atoms with van der Waals surface area (Å²) in [6.07, 6.45) is 5.76. The van der Waals surface area contributed by atoms with Crippen LogP contribution in [0, 0.1) is 0 Å². The summed E-state index contributed by atoms with van der Waals surface area (Å²) >= 11 is 0. The maximum atomic E-state index is 12.1. The van der Waals surface area contributed by atoms with E-state index >= 15 is 0 Å². The van der Waals surface area contributed by atoms with Crippen LogP contribution in [0.1, 0.15) is 52.4 Å². The van der Waals surface area contributed by atoms with Gasteiger partial charge in [0.25, 0.3) is 0 Å². The molecular formula is C14H26N2O3. The Labute approximate surface area is 115 Å². The summed E-state index contributed by atoms with van der Waals surface area (Å²) in [5, 5.41) is 12.2. The van der Waals surface area contributed by atoms with Crippen molar-refractivity contribution in [3.63, 3.8) is 0 Å². The molecule has 0 aliphatic carbocycles. The van der Waals surface area contributed by atoms with E-state index in [2.05, 4.69) is 5.32 Å². The number of hydrogen-bond donors (Lipinski definition) is 2. The highest BCUT2D eigenvalue weighted by molar-refractivity contribution is 5.82. The molecule has 5 heteroatoms. The predicted molar refractivity (Wildman–Crippen MR) is 74.0 cm³/mol. The number of carbonyl (C=O) groups excluding carboxylic acids is 1. The fourth-order valence-electron chi connectivity index (χ4n) is 2.47. The fraction of sp³-hybridized carbons (Fsp3) is 0.857. The molecule has 0 aromatic carbocycles. The minimum atomic E-state index is -1.00. The van der Waals surface area contributed by atoms with Crippen molar-refractivity contribution in [3.05, 3.63) is 0 Å². The lowest BCUT2D eigenvalue weighted by molar-refractivity contribution is -0.145. The van der Waals surface area contributed by atoms with Crippen molar-refractivity contribution in [2.45, 2.75) is 57.9 Å². The van der Waals surface area contributed by atoms with Gasteiger partial charge in [0, 0.05) is 13.1 Å². The molecule has 0 bridgehead atoms. The molecule has 1 rings (SSSR count). The Hall–Kier alpha value is -1.10. The molecule has 1 unspecified atom stereocenters. The number of nitrogens with zero attached hydrogens (tertiary/aromatic N) is 1. The normalized spacial score (nSPS) is 19.6. The zero-order valence-corrected chi connectivity index (χ0v) is 12.1. The number of carboxylic acid groups (broad SMARTS) is 1. The average Bonchev–Trinajstić information content (AvgIpc) is 2.65. The minimum absolute atomic E-state index is 0.0190. The first-order chi connectivity index (χ1) is 8.99. The summed E-state index contributed by atoms with van der Waals surface area (Å²) in [4.78, 5) is 25.2. The van der Waals surface area contributed by atoms with Crippen LogP contribution in [0.25, 0.3) is 0 Å². The van der Waals surface area contributed by atoms with Gasteiger partial charge in [0.2, 0.25) is 5.91 Å². The van der Waals surface area contributed by atoms with Crippen molar-refractivity contribution in [2.24, 2.45) is 0 Å². The first-order valence-electron chi connectivity index (χ1n) is 7.26. The van der Waals surface area contributed by atoms with Crippen LogP contribution in [0.2, 0.25) is 0 Å². The van der Waals surface area contributed by atoms with Gasteiger partial charge in [0.15, 0.2) is 0 Å². The highest BCUT2D eigenvalue weighted by atomic mass is 16.4. The molecule has 5 nitrogen and oxygen atoms in total. The van der Waals surface area contributed by atoms with Gasteiger partial charge in [-0.25, -0.2) is 0 Å². The maximum absolute atomic E-state index is 12.1. The first kappa shape index (κ1) is 16.0. The van der Waals surface area contributed by atoms with E-state index in [0.717, 1.165) is 32.4 Å². The predicted octanol–water partition coefficient (Wildman–Crippen LogP) is 1.62. The van der Waals surface area contributed by atoms with E-state index in [1.807, 2.05) is 11.8 Å². The number of carboxylic acids is 1. The van der Waals surface area contributed by atoms with E-state index < -0.39 is 11.5 Å². The van der Waals surface area contributed by atoms with Crippen molar-refractivity contribution in [1.29, 1.82) is 0 Å². The number of amides is 1. The Kier molecular flexibility index (Phi) is 6.28. The lowest BCUT2D eigenvalue weighted by Crippen LogP contribution is -2.53. The molecule has 1 heterocycles. The van der Waals surface area contributed by atoms with E-state index in [9.17, 15) is 14.7 Å². The standard InChI is InChI=1S/C14H26N2O3/c1-3-8-14(2,13(18)19)15-11-12(17)16-9-6-4-5-7-10-16/h15H,3-11H2,1-2H3,(H,18,19). The van der Waals surface area contributed by atoms with E-state index in [1.165, 1.54) is 12.8 Å². The van der Waals surface area contributed by atoms with E-state index in [4.69, 9.17) is 0 Å². The third-order valence-electron chi connectivity index (χ3n) is 3.81. The Bertz CT molecular complexity index is 312. The average molecular weight is 270 g/mol. The molecule has 1 atom stereocenters. The summed E-state index contributed by atoms with van der Waals surface area (Å²) in [5.41, 5.74) is -1.00. The number of nitrogens with one attached hydrogen (secondary N) is 1. The SMILES string of the molecule is CCCC(C)(NCC(=O)N1CCCCCC1)C(=O)O. The molecule has 1 saturated heterocycles. The minimum Gasteiger partial charge on any atom is -0.480 e. The van der Waals surface area contributed by atoms with Gasteiger partial charge in [-0.15, -0.1) is 0 Å². The Balaban J connectivity index is 2.49. The van der Waals surface area contributed by atoms with Crippen LogP contribution in [-0.2, 0) is 9.59 Å². The zero-order chi connectivity index (χ0) is 14.3. The van der Waals surface area contributed by atoms with Gasteiger partial charge < -0.3 is 10.0 Å². The van der Waals surface area contributed by atoms with Gasteiger partial charge in [-0.2, -0.15) is 0 Å². The molecule has 0 spiro atoms. The van der Waals surface area contributed by atoms with Crippen LogP contribution < -0.4 is 5.32 Å². The lowest BCUT2D eigenvalue weighted by Gasteiger charge is -2.28. The van der Waals surface area contributed by atoms with Crippen LogP contribution in [0.15, 0.2) is 0 Å². The molecule has 19 heavy (non-hydrogen) atoms. The highest BCUT2D eigenvalue weighted by Crippen LogP contribution is 2.13. The molecule has 110 valence electrons. The van der Waals surface area contributed by atoms with E-state index in [0.29, 0.717) is 6.42 Å². The van der Waals surface area contributed by atoms with Crippen molar-refractivity contribution in [1.82, 2.24) is 10.2 Å². The van der Waals surface area contributed by atoms with Crippen molar-refractivity contribution >= 4 is 11.9 Å². The molecular weight excluding hydrogens is 244 g/mol. The van der Waals surface area contributed by atoms with Crippen LogP contribution >= 0.6 is 0 Å². The Morgan fingerprint density at radius 1 is 1.21 bits per heavy atom. The molecule has 1 amide bonds. The van der Waals surface area contributed by atoms with Gasteiger partial charge in [0.1, 0.15) is 5.54 Å². The number of rotatable bonds is 6. The summed E-state index contributed by atoms with van der Waals surface area (Å²) < 4.78 is 0. The molecule has 1 aliphatic rings. The quantitative estimate of drug-likeness (QED) is 0.769. The van der Waals surface area contributed by atoms with Gasteiger partial charge in [-0.05, 0) is 26.2 Å². The van der Waals surface area contributed by atoms with Crippen molar-refractivity contribution < 1.29 is 14.7 Å². The zero-order valence-electron chi connectivity index (χ0n) is 12.1. The molecule has 0 aromatic heterocycles. The van der Waals surface area contributed by atoms with Gasteiger partial charge in [-0.3, -0.25) is 14.9 Å². The second-order valence-electron chi connectivity index (χ2n) is 5.54. The second-order valence-corrected chi connectivity index (χ2v) is 5.54. The van der Waals surface area contributed by atoms with Crippen molar-refractivity contribution in [3.8, 4) is 0 Å². The first-order valence-corrected chi connectivity index (χ1v) is 7.26. The smallest absolute Gasteiger partial charge is 0.323 e. The summed E-state index contributed by atoms with van der Waals surface area (Å²) in [6, 6.07) is 0. The second kappa shape index (κ2) is 7.48. The van der Waals surface area contributed by atoms with Gasteiger partial charge in [-0.1, -0.05) is 26.2 Å². The Morgan fingerprint density at radius 3 is 2.26 bits per heavy atom. The van der Waals surface area contributed by atoms with Crippen molar-refractivity contribution in [2.75, 3.05) is 19.6 Å². The van der Waals surface area contributed by atoms with E-state index in [1.54, 1.807) is 6.92 Å². The van der Waals surface area contributed by atoms with Crippen LogP contribution in [-0.4, -0.2) is 47.1 Å². The van der Waals surface area contributed by atoms with Gasteiger partial charge >= 0.3 is 5.97 Å². The largest absolute Gasteiger partial charge is 0.480 e. The highest BCUT2D eigenvalue weighted by Gasteiger charge is 2.32. The van der Waals surface area contributed by atoms with Crippen LogP contribution in [0.5, 0.6) is 0 Å². The molecule has 1 aliphatic heterocycles. The number of hydrogen-bond acceptors (Lipinski definition) is 3. The third kappa shape index (κ3) is 4.82.